The van der Waals surface area contributed by atoms with Crippen LogP contribution in [0.25, 0.3) is 0 Å². The molecule has 0 spiro atoms. The van der Waals surface area contributed by atoms with E-state index in [9.17, 15) is 22.6 Å². The normalized spacial score (nSPS) is 11.9. The van der Waals surface area contributed by atoms with Gasteiger partial charge in [-0.3, -0.25) is 4.55 Å². The van der Waals surface area contributed by atoms with Crippen LogP contribution in [0, 0.1) is 0 Å². The fourth-order valence-corrected chi connectivity index (χ4v) is 5.49. The lowest BCUT2D eigenvalue weighted by molar-refractivity contribution is 0.0446. The van der Waals surface area contributed by atoms with E-state index in [1.807, 2.05) is 13.8 Å². The molecule has 0 saturated heterocycles. The first-order valence-corrected chi connectivity index (χ1v) is 17.4. The van der Waals surface area contributed by atoms with Gasteiger partial charge in [0, 0.05) is 0 Å². The Bertz CT molecular complexity index is 1040. The Morgan fingerprint density at radius 3 is 1.48 bits per heavy atom. The van der Waals surface area contributed by atoms with Crippen molar-refractivity contribution in [3.8, 4) is 0 Å². The van der Waals surface area contributed by atoms with Crippen LogP contribution >= 0.6 is 0 Å². The van der Waals surface area contributed by atoms with Crippen LogP contribution in [0.2, 0.25) is 0 Å². The lowest BCUT2D eigenvalue weighted by atomic mass is 10.1. The molecule has 0 aliphatic carbocycles. The summed E-state index contributed by atoms with van der Waals surface area (Å²) in [6, 6.07) is 3.71. The highest BCUT2D eigenvalue weighted by Crippen LogP contribution is 2.23. The van der Waals surface area contributed by atoms with Crippen LogP contribution in [0.3, 0.4) is 0 Å². The Balaban J connectivity index is 2.44. The number of hydrogen-bond donors (Lipinski definition) is 1. The summed E-state index contributed by atoms with van der Waals surface area (Å²) in [6.07, 6.45) is 28.1. The number of allylic oxidation sites excluding steroid dienone is 4. The number of rotatable bonds is 25. The predicted molar refractivity (Wildman–Crippen MR) is 170 cm³/mol. The summed E-state index contributed by atoms with van der Waals surface area (Å²) in [7, 11) is -4.75. The maximum absolute atomic E-state index is 12.9. The quantitative estimate of drug-likeness (QED) is 0.0511. The fourth-order valence-electron chi connectivity index (χ4n) is 4.79. The van der Waals surface area contributed by atoms with Crippen LogP contribution in [0.15, 0.2) is 47.4 Å². The van der Waals surface area contributed by atoms with E-state index in [2.05, 4.69) is 24.3 Å². The van der Waals surface area contributed by atoms with Gasteiger partial charge in [0.15, 0.2) is 0 Å². The highest BCUT2D eigenvalue weighted by atomic mass is 32.2. The smallest absolute Gasteiger partial charge is 0.340 e. The van der Waals surface area contributed by atoms with Gasteiger partial charge in [0.25, 0.3) is 10.1 Å². The fraction of sp³-hybridized carbons (Fsp3) is 0.647. The largest absolute Gasteiger partial charge is 0.462 e. The van der Waals surface area contributed by atoms with Crippen LogP contribution in [-0.2, 0) is 19.6 Å². The average molecular weight is 607 g/mol. The predicted octanol–water partition coefficient (Wildman–Crippen LogP) is 9.42. The third-order valence-electron chi connectivity index (χ3n) is 7.20. The van der Waals surface area contributed by atoms with Gasteiger partial charge >= 0.3 is 11.9 Å². The van der Waals surface area contributed by atoms with Crippen molar-refractivity contribution in [3.63, 3.8) is 0 Å². The maximum Gasteiger partial charge on any atom is 0.340 e. The van der Waals surface area contributed by atoms with Crippen LogP contribution in [0.1, 0.15) is 150 Å². The number of unbranched alkanes of at least 4 members (excludes halogenated alkanes) is 16. The summed E-state index contributed by atoms with van der Waals surface area (Å²) in [5.74, 6) is -1.76. The Labute approximate surface area is 254 Å². The van der Waals surface area contributed by atoms with Gasteiger partial charge in [-0.05, 0) is 64.5 Å². The third kappa shape index (κ3) is 17.5. The molecule has 0 atom stereocenters. The van der Waals surface area contributed by atoms with Gasteiger partial charge in [-0.2, -0.15) is 8.42 Å². The summed E-state index contributed by atoms with van der Waals surface area (Å²) in [5.41, 5.74) is -0.695. The van der Waals surface area contributed by atoms with Crippen molar-refractivity contribution in [1.29, 1.82) is 0 Å². The molecule has 1 N–H and O–H groups in total. The summed E-state index contributed by atoms with van der Waals surface area (Å²) in [6.45, 7) is 4.35. The van der Waals surface area contributed by atoms with Gasteiger partial charge in [-0.25, -0.2) is 9.59 Å². The average Bonchev–Trinajstić information content (AvgIpc) is 2.97. The van der Waals surface area contributed by atoms with Crippen molar-refractivity contribution < 1.29 is 32.0 Å². The van der Waals surface area contributed by atoms with E-state index in [0.29, 0.717) is 12.8 Å². The molecule has 1 aromatic rings. The molecule has 238 valence electrons. The van der Waals surface area contributed by atoms with Gasteiger partial charge in [0.05, 0.1) is 24.3 Å². The molecule has 0 aliphatic heterocycles. The molecule has 0 unspecified atom stereocenters. The molecule has 0 radical (unpaired) electrons. The van der Waals surface area contributed by atoms with Crippen molar-refractivity contribution >= 4 is 22.1 Å². The molecule has 0 heterocycles. The SMILES string of the molecule is C/C=C/CCCCCCCCCCOC(=O)c1cccc(S(=O)(=O)O)c1C(=O)OCCCCCCCCCC/C=C/C. The first-order chi connectivity index (χ1) is 20.3. The number of hydrogen-bond acceptors (Lipinski definition) is 6. The molecular weight excluding hydrogens is 552 g/mol. The number of carbonyl (C=O) groups is 2. The minimum atomic E-state index is -4.75. The van der Waals surface area contributed by atoms with E-state index in [1.54, 1.807) is 0 Å². The molecule has 42 heavy (non-hydrogen) atoms. The molecule has 1 rings (SSSR count). The zero-order chi connectivity index (χ0) is 30.9. The topological polar surface area (TPSA) is 107 Å². The standard InChI is InChI=1S/C34H54O7S/c1-3-5-7-9-11-13-15-17-19-21-23-28-40-33(35)30-26-25-27-31(42(37,38)39)32(30)34(36)41-29-24-22-20-18-16-14-12-10-8-6-4-2/h3-6,25-27H,7-24,28-29H2,1-2H3,(H,37,38,39)/b5-3+,6-4+. The molecule has 8 heteroatoms. The first-order valence-electron chi connectivity index (χ1n) is 16.0. The molecule has 7 nitrogen and oxygen atoms in total. The summed E-state index contributed by atoms with van der Waals surface area (Å²) >= 11 is 0. The summed E-state index contributed by atoms with van der Waals surface area (Å²) < 4.78 is 44.3. The van der Waals surface area contributed by atoms with E-state index in [-0.39, 0.29) is 18.8 Å². The molecular formula is C34H54O7S. The Morgan fingerprint density at radius 2 is 1.05 bits per heavy atom. The zero-order valence-corrected chi connectivity index (χ0v) is 26.8. The molecule has 1 aromatic carbocycles. The van der Waals surface area contributed by atoms with Gasteiger partial charge in [0.1, 0.15) is 4.90 Å². The van der Waals surface area contributed by atoms with Crippen molar-refractivity contribution in [3.05, 3.63) is 53.6 Å². The van der Waals surface area contributed by atoms with E-state index in [0.717, 1.165) is 57.4 Å². The third-order valence-corrected chi connectivity index (χ3v) is 8.09. The summed E-state index contributed by atoms with van der Waals surface area (Å²) in [5, 5.41) is 0. The van der Waals surface area contributed by atoms with Gasteiger partial charge < -0.3 is 9.47 Å². The lowest BCUT2D eigenvalue weighted by Crippen LogP contribution is -2.19. The van der Waals surface area contributed by atoms with Crippen LogP contribution in [0.4, 0.5) is 0 Å². The van der Waals surface area contributed by atoms with E-state index >= 15 is 0 Å². The number of benzene rings is 1. The van der Waals surface area contributed by atoms with E-state index in [4.69, 9.17) is 9.47 Å². The Kier molecular flexibility index (Phi) is 21.5. The van der Waals surface area contributed by atoms with Gasteiger partial charge in [-0.15, -0.1) is 0 Å². The maximum atomic E-state index is 12.9. The van der Waals surface area contributed by atoms with Gasteiger partial charge in [0.2, 0.25) is 0 Å². The van der Waals surface area contributed by atoms with Crippen molar-refractivity contribution in [1.82, 2.24) is 0 Å². The Hall–Kier alpha value is -2.45. The monoisotopic (exact) mass is 606 g/mol. The second kappa shape index (κ2) is 24.0. The van der Waals surface area contributed by atoms with Crippen LogP contribution in [0.5, 0.6) is 0 Å². The molecule has 0 amide bonds. The zero-order valence-electron chi connectivity index (χ0n) is 26.0. The number of esters is 2. The molecule has 0 aliphatic rings. The number of carbonyl (C=O) groups excluding carboxylic acids is 2. The van der Waals surface area contributed by atoms with Crippen molar-refractivity contribution in [2.45, 2.75) is 134 Å². The number of ether oxygens (including phenoxy) is 2. The minimum Gasteiger partial charge on any atom is -0.462 e. The van der Waals surface area contributed by atoms with Gasteiger partial charge in [-0.1, -0.05) is 107 Å². The first kappa shape index (κ1) is 37.6. The molecule has 0 aromatic heterocycles. The molecule has 0 saturated carbocycles. The molecule has 0 bridgehead atoms. The van der Waals surface area contributed by atoms with Crippen LogP contribution in [-0.4, -0.2) is 38.1 Å². The highest BCUT2D eigenvalue weighted by molar-refractivity contribution is 7.86. The van der Waals surface area contributed by atoms with E-state index < -0.39 is 32.5 Å². The van der Waals surface area contributed by atoms with Crippen molar-refractivity contribution in [2.75, 3.05) is 13.2 Å². The Morgan fingerprint density at radius 1 is 0.643 bits per heavy atom. The van der Waals surface area contributed by atoms with E-state index in [1.165, 1.54) is 63.5 Å². The second-order valence-corrected chi connectivity index (χ2v) is 12.2. The van der Waals surface area contributed by atoms with Crippen molar-refractivity contribution in [2.24, 2.45) is 0 Å². The highest BCUT2D eigenvalue weighted by Gasteiger charge is 2.28. The lowest BCUT2D eigenvalue weighted by Gasteiger charge is -2.13. The minimum absolute atomic E-state index is 0.103. The van der Waals surface area contributed by atoms with Crippen LogP contribution < -0.4 is 0 Å². The molecule has 0 fully saturated rings. The second-order valence-electron chi connectivity index (χ2n) is 10.8. The summed E-state index contributed by atoms with van der Waals surface area (Å²) in [4.78, 5) is 25.0.